The monoisotopic (exact) mass is 164 g/mol. The zero-order chi connectivity index (χ0) is 8.55. The van der Waals surface area contributed by atoms with E-state index in [1.165, 1.54) is 12.1 Å². The number of nitrogens with two attached hydrogens (primary N) is 1. The summed E-state index contributed by atoms with van der Waals surface area (Å²) < 4.78 is 12.8. The van der Waals surface area contributed by atoms with Crippen LogP contribution >= 0.6 is 0 Å². The third kappa shape index (κ3) is 0.987. The lowest BCUT2D eigenvalue weighted by Gasteiger charge is -1.93. The van der Waals surface area contributed by atoms with Crippen molar-refractivity contribution in [2.45, 2.75) is 6.54 Å². The van der Waals surface area contributed by atoms with Crippen molar-refractivity contribution >= 4 is 10.9 Å². The van der Waals surface area contributed by atoms with E-state index in [0.29, 0.717) is 6.54 Å². The lowest BCUT2D eigenvalue weighted by atomic mass is 10.2. The summed E-state index contributed by atoms with van der Waals surface area (Å²) >= 11 is 0. The van der Waals surface area contributed by atoms with Gasteiger partial charge in [-0.05, 0) is 23.8 Å². The lowest BCUT2D eigenvalue weighted by molar-refractivity contribution is 0.629. The Hall–Kier alpha value is -1.35. The van der Waals surface area contributed by atoms with Gasteiger partial charge in [0.05, 0.1) is 0 Å². The molecule has 2 aromatic rings. The number of benzene rings is 1. The van der Waals surface area contributed by atoms with Crippen molar-refractivity contribution in [2.75, 3.05) is 0 Å². The molecule has 2 rings (SSSR count). The van der Waals surface area contributed by atoms with Gasteiger partial charge in [-0.1, -0.05) is 0 Å². The van der Waals surface area contributed by atoms with Gasteiger partial charge in [-0.3, -0.25) is 0 Å². The maximum atomic E-state index is 12.8. The Morgan fingerprint density at radius 1 is 1.42 bits per heavy atom. The van der Waals surface area contributed by atoms with E-state index >= 15 is 0 Å². The highest BCUT2D eigenvalue weighted by Gasteiger charge is 2.01. The topological polar surface area (TPSA) is 41.8 Å². The molecule has 0 aliphatic carbocycles. The molecule has 0 spiro atoms. The highest BCUT2D eigenvalue weighted by atomic mass is 19.1. The van der Waals surface area contributed by atoms with Gasteiger partial charge in [0.2, 0.25) is 0 Å². The second-order valence-electron chi connectivity index (χ2n) is 2.71. The van der Waals surface area contributed by atoms with Crippen molar-refractivity contribution < 1.29 is 4.39 Å². The molecular weight excluding hydrogens is 155 g/mol. The van der Waals surface area contributed by atoms with Crippen LogP contribution in [-0.4, -0.2) is 4.98 Å². The fourth-order valence-corrected chi connectivity index (χ4v) is 1.32. The van der Waals surface area contributed by atoms with Gasteiger partial charge in [-0.2, -0.15) is 0 Å². The Balaban J connectivity index is 2.75. The smallest absolute Gasteiger partial charge is 0.123 e. The first-order chi connectivity index (χ1) is 5.81. The molecule has 1 aromatic carbocycles. The SMILES string of the molecule is NCc1c[nH]c2ccc(F)cc12. The van der Waals surface area contributed by atoms with Crippen LogP contribution in [0.1, 0.15) is 5.56 Å². The third-order valence-corrected chi connectivity index (χ3v) is 1.95. The van der Waals surface area contributed by atoms with E-state index in [0.717, 1.165) is 16.5 Å². The van der Waals surface area contributed by atoms with E-state index in [1.54, 1.807) is 6.07 Å². The van der Waals surface area contributed by atoms with Crippen LogP contribution in [0.2, 0.25) is 0 Å². The molecule has 0 fully saturated rings. The minimum absolute atomic E-state index is 0.225. The van der Waals surface area contributed by atoms with Crippen molar-refractivity contribution in [3.8, 4) is 0 Å². The van der Waals surface area contributed by atoms with Crippen molar-refractivity contribution in [3.63, 3.8) is 0 Å². The highest BCUT2D eigenvalue weighted by Crippen LogP contribution is 2.18. The van der Waals surface area contributed by atoms with Gasteiger partial charge < -0.3 is 10.7 Å². The molecule has 0 saturated heterocycles. The van der Waals surface area contributed by atoms with Crippen LogP contribution < -0.4 is 5.73 Å². The van der Waals surface area contributed by atoms with Gasteiger partial charge in [0, 0.05) is 23.6 Å². The zero-order valence-electron chi connectivity index (χ0n) is 6.47. The molecule has 62 valence electrons. The Bertz CT molecular complexity index is 406. The summed E-state index contributed by atoms with van der Waals surface area (Å²) in [4.78, 5) is 3.02. The summed E-state index contributed by atoms with van der Waals surface area (Å²) in [7, 11) is 0. The van der Waals surface area contributed by atoms with Crippen LogP contribution in [0.25, 0.3) is 10.9 Å². The molecular formula is C9H9FN2. The van der Waals surface area contributed by atoms with Gasteiger partial charge in [-0.25, -0.2) is 4.39 Å². The molecule has 0 radical (unpaired) electrons. The number of halogens is 1. The number of aromatic amines is 1. The van der Waals surface area contributed by atoms with Gasteiger partial charge >= 0.3 is 0 Å². The standard InChI is InChI=1S/C9H9FN2/c10-7-1-2-9-8(3-7)6(4-11)5-12-9/h1-3,5,12H,4,11H2. The molecule has 2 nitrogen and oxygen atoms in total. The van der Waals surface area contributed by atoms with E-state index in [9.17, 15) is 4.39 Å². The van der Waals surface area contributed by atoms with E-state index in [2.05, 4.69) is 4.98 Å². The molecule has 0 unspecified atom stereocenters. The van der Waals surface area contributed by atoms with E-state index in [1.807, 2.05) is 6.20 Å². The molecule has 3 heteroatoms. The predicted molar refractivity (Wildman–Crippen MR) is 46.1 cm³/mol. The minimum Gasteiger partial charge on any atom is -0.361 e. The van der Waals surface area contributed by atoms with Gasteiger partial charge in [-0.15, -0.1) is 0 Å². The second-order valence-corrected chi connectivity index (χ2v) is 2.71. The number of hydrogen-bond donors (Lipinski definition) is 2. The maximum Gasteiger partial charge on any atom is 0.123 e. The maximum absolute atomic E-state index is 12.8. The molecule has 3 N–H and O–H groups in total. The van der Waals surface area contributed by atoms with Crippen molar-refractivity contribution in [3.05, 3.63) is 35.8 Å². The quantitative estimate of drug-likeness (QED) is 0.662. The number of fused-ring (bicyclic) bond motifs is 1. The number of hydrogen-bond acceptors (Lipinski definition) is 1. The summed E-state index contributed by atoms with van der Waals surface area (Å²) in [6, 6.07) is 4.64. The highest BCUT2D eigenvalue weighted by molar-refractivity contribution is 5.83. The molecule has 12 heavy (non-hydrogen) atoms. The Morgan fingerprint density at radius 3 is 3.00 bits per heavy atom. The number of H-pyrrole nitrogens is 1. The van der Waals surface area contributed by atoms with Crippen LogP contribution in [0.3, 0.4) is 0 Å². The van der Waals surface area contributed by atoms with E-state index < -0.39 is 0 Å². The summed E-state index contributed by atoms with van der Waals surface area (Å²) in [5.74, 6) is -0.225. The van der Waals surface area contributed by atoms with Crippen LogP contribution in [0.15, 0.2) is 24.4 Å². The Morgan fingerprint density at radius 2 is 2.25 bits per heavy atom. The average Bonchev–Trinajstić information content (AvgIpc) is 2.46. The van der Waals surface area contributed by atoms with Gasteiger partial charge in [0.1, 0.15) is 5.82 Å². The fraction of sp³-hybridized carbons (Fsp3) is 0.111. The number of aromatic nitrogens is 1. The van der Waals surface area contributed by atoms with Crippen LogP contribution in [0, 0.1) is 5.82 Å². The molecule has 0 atom stereocenters. The van der Waals surface area contributed by atoms with Crippen molar-refractivity contribution in [1.29, 1.82) is 0 Å². The summed E-state index contributed by atoms with van der Waals surface area (Å²) in [6.45, 7) is 0.434. The normalized spacial score (nSPS) is 10.8. The number of rotatable bonds is 1. The Labute approximate surface area is 69.2 Å². The van der Waals surface area contributed by atoms with Crippen LogP contribution in [-0.2, 0) is 6.54 Å². The first kappa shape index (κ1) is 7.31. The fourth-order valence-electron chi connectivity index (χ4n) is 1.32. The third-order valence-electron chi connectivity index (χ3n) is 1.95. The van der Waals surface area contributed by atoms with E-state index in [4.69, 9.17) is 5.73 Å². The second kappa shape index (κ2) is 2.60. The average molecular weight is 164 g/mol. The molecule has 0 aliphatic heterocycles. The van der Waals surface area contributed by atoms with Crippen LogP contribution in [0.5, 0.6) is 0 Å². The molecule has 0 amide bonds. The molecule has 0 saturated carbocycles. The lowest BCUT2D eigenvalue weighted by Crippen LogP contribution is -1.94. The first-order valence-electron chi connectivity index (χ1n) is 3.77. The summed E-state index contributed by atoms with van der Waals surface area (Å²) in [5.41, 5.74) is 7.34. The van der Waals surface area contributed by atoms with Gasteiger partial charge in [0.25, 0.3) is 0 Å². The molecule has 0 aliphatic rings. The van der Waals surface area contributed by atoms with Gasteiger partial charge in [0.15, 0.2) is 0 Å². The summed E-state index contributed by atoms with van der Waals surface area (Å²) in [5, 5.41) is 0.873. The van der Waals surface area contributed by atoms with Crippen molar-refractivity contribution in [1.82, 2.24) is 4.98 Å². The first-order valence-corrected chi connectivity index (χ1v) is 3.77. The molecule has 1 heterocycles. The minimum atomic E-state index is -0.225. The molecule has 1 aromatic heterocycles. The van der Waals surface area contributed by atoms with E-state index in [-0.39, 0.29) is 5.82 Å². The Kier molecular flexibility index (Phi) is 1.59. The number of nitrogens with one attached hydrogen (secondary N) is 1. The molecule has 0 bridgehead atoms. The largest absolute Gasteiger partial charge is 0.361 e. The van der Waals surface area contributed by atoms with Crippen LogP contribution in [0.4, 0.5) is 4.39 Å². The zero-order valence-corrected chi connectivity index (χ0v) is 6.47. The summed E-state index contributed by atoms with van der Waals surface area (Å²) in [6.07, 6.45) is 1.81. The predicted octanol–water partition coefficient (Wildman–Crippen LogP) is 1.77. The van der Waals surface area contributed by atoms with Crippen molar-refractivity contribution in [2.24, 2.45) is 5.73 Å².